The molecule has 1 saturated carbocycles. The molecule has 2 N–H and O–H groups in total. The van der Waals surface area contributed by atoms with Gasteiger partial charge in [-0.25, -0.2) is 9.18 Å². The lowest BCUT2D eigenvalue weighted by atomic mass is 10.1. The smallest absolute Gasteiger partial charge is 0.319 e. The van der Waals surface area contributed by atoms with E-state index in [4.69, 9.17) is 21.6 Å². The molecule has 1 aliphatic rings. The van der Waals surface area contributed by atoms with Gasteiger partial charge in [-0.3, -0.25) is 0 Å². The van der Waals surface area contributed by atoms with Crippen molar-refractivity contribution >= 4 is 23.3 Å². The van der Waals surface area contributed by atoms with Crippen molar-refractivity contribution in [1.29, 1.82) is 5.26 Å². The zero-order valence-corrected chi connectivity index (χ0v) is 14.8. The van der Waals surface area contributed by atoms with Crippen LogP contribution in [-0.2, 0) is 0 Å². The Hall–Kier alpha value is -2.78. The predicted octanol–water partition coefficient (Wildman–Crippen LogP) is 4.43. The number of ether oxygens (including phenoxy) is 1. The highest BCUT2D eigenvalue weighted by molar-refractivity contribution is 6.31. The lowest BCUT2D eigenvalue weighted by molar-refractivity contribution is 0.251. The first-order chi connectivity index (χ1) is 12.5. The van der Waals surface area contributed by atoms with E-state index in [-0.39, 0.29) is 23.7 Å². The fraction of sp³-hybridized carbons (Fsp3) is 0.263. The Balaban J connectivity index is 1.63. The molecule has 2 amide bonds. The number of amides is 2. The van der Waals surface area contributed by atoms with E-state index in [0.29, 0.717) is 34.9 Å². The van der Waals surface area contributed by atoms with Gasteiger partial charge in [-0.15, -0.1) is 0 Å². The maximum absolute atomic E-state index is 14.6. The van der Waals surface area contributed by atoms with Crippen LogP contribution >= 0.6 is 11.6 Å². The van der Waals surface area contributed by atoms with Crippen LogP contribution < -0.4 is 15.4 Å². The number of rotatable bonds is 5. The fourth-order valence-electron chi connectivity index (χ4n) is 2.79. The summed E-state index contributed by atoms with van der Waals surface area (Å²) in [4.78, 5) is 12.1. The molecule has 7 heteroatoms. The molecule has 26 heavy (non-hydrogen) atoms. The molecular weight excluding hydrogens is 357 g/mol. The summed E-state index contributed by atoms with van der Waals surface area (Å²) in [6.45, 7) is 2.14. The van der Waals surface area contributed by atoms with E-state index in [1.54, 1.807) is 37.3 Å². The second kappa shape index (κ2) is 7.63. The van der Waals surface area contributed by atoms with Crippen LogP contribution in [0.2, 0.25) is 5.02 Å². The monoisotopic (exact) mass is 373 g/mol. The normalized spacial score (nSPS) is 17.9. The Morgan fingerprint density at radius 2 is 2.08 bits per heavy atom. The Morgan fingerprint density at radius 3 is 2.73 bits per heavy atom. The van der Waals surface area contributed by atoms with Crippen molar-refractivity contribution in [2.75, 3.05) is 11.9 Å². The molecule has 0 heterocycles. The van der Waals surface area contributed by atoms with Crippen molar-refractivity contribution in [3.63, 3.8) is 0 Å². The lowest BCUT2D eigenvalue weighted by Crippen LogP contribution is -2.31. The summed E-state index contributed by atoms with van der Waals surface area (Å²) in [5.74, 6) is -0.490. The number of carbonyl (C=O) groups excluding carboxylic acids is 1. The Labute approximate surface area is 155 Å². The molecule has 2 aromatic carbocycles. The number of benzene rings is 2. The predicted molar refractivity (Wildman–Crippen MR) is 97.0 cm³/mol. The fourth-order valence-corrected chi connectivity index (χ4v) is 3.08. The highest BCUT2D eigenvalue weighted by atomic mass is 35.5. The molecule has 0 saturated heterocycles. The van der Waals surface area contributed by atoms with Gasteiger partial charge in [0.15, 0.2) is 11.6 Å². The molecule has 2 aromatic rings. The largest absolute Gasteiger partial charge is 0.491 e. The van der Waals surface area contributed by atoms with Crippen molar-refractivity contribution in [3.05, 3.63) is 58.4 Å². The van der Waals surface area contributed by atoms with Gasteiger partial charge in [0.25, 0.3) is 0 Å². The molecule has 1 fully saturated rings. The van der Waals surface area contributed by atoms with Crippen LogP contribution in [0.1, 0.15) is 30.4 Å². The molecule has 0 radical (unpaired) electrons. The van der Waals surface area contributed by atoms with Crippen molar-refractivity contribution in [3.8, 4) is 11.8 Å². The number of hydrogen-bond donors (Lipinski definition) is 2. The van der Waals surface area contributed by atoms with Crippen LogP contribution in [0.3, 0.4) is 0 Å². The molecule has 0 bridgehead atoms. The molecule has 0 aliphatic heterocycles. The van der Waals surface area contributed by atoms with Crippen molar-refractivity contribution in [1.82, 2.24) is 5.32 Å². The van der Waals surface area contributed by atoms with Gasteiger partial charge in [-0.1, -0.05) is 11.6 Å². The van der Waals surface area contributed by atoms with Gasteiger partial charge in [-0.2, -0.15) is 5.26 Å². The van der Waals surface area contributed by atoms with Crippen LogP contribution in [0.25, 0.3) is 0 Å². The number of carbonyl (C=O) groups is 1. The summed E-state index contributed by atoms with van der Waals surface area (Å²) in [6.07, 6.45) is 0.604. The third kappa shape index (κ3) is 3.89. The molecule has 0 spiro atoms. The van der Waals surface area contributed by atoms with Gasteiger partial charge >= 0.3 is 6.03 Å². The van der Waals surface area contributed by atoms with E-state index in [0.717, 1.165) is 0 Å². The molecule has 134 valence electrons. The molecule has 5 nitrogen and oxygen atoms in total. The minimum atomic E-state index is -0.471. The maximum atomic E-state index is 14.6. The van der Waals surface area contributed by atoms with Crippen LogP contribution in [0, 0.1) is 17.1 Å². The van der Waals surface area contributed by atoms with Crippen LogP contribution in [0.4, 0.5) is 14.9 Å². The summed E-state index contributed by atoms with van der Waals surface area (Å²) >= 11 is 6.15. The van der Waals surface area contributed by atoms with E-state index >= 15 is 0 Å². The Bertz CT molecular complexity index is 864. The molecule has 2 atom stereocenters. The number of halogens is 2. The summed E-state index contributed by atoms with van der Waals surface area (Å²) < 4.78 is 19.8. The average molecular weight is 374 g/mol. The minimum absolute atomic E-state index is 0.166. The summed E-state index contributed by atoms with van der Waals surface area (Å²) in [5.41, 5.74) is 1.46. The van der Waals surface area contributed by atoms with E-state index in [1.807, 2.05) is 6.07 Å². The van der Waals surface area contributed by atoms with Gasteiger partial charge < -0.3 is 15.4 Å². The van der Waals surface area contributed by atoms with E-state index in [2.05, 4.69) is 10.6 Å². The van der Waals surface area contributed by atoms with Gasteiger partial charge in [-0.05, 0) is 49.7 Å². The Kier molecular flexibility index (Phi) is 5.29. The summed E-state index contributed by atoms with van der Waals surface area (Å²) in [5, 5.41) is 14.6. The van der Waals surface area contributed by atoms with Crippen LogP contribution in [0.15, 0.2) is 36.4 Å². The zero-order chi connectivity index (χ0) is 18.7. The molecule has 3 rings (SSSR count). The van der Waals surface area contributed by atoms with E-state index in [1.165, 1.54) is 6.07 Å². The molecule has 1 aliphatic carbocycles. The number of nitrogens with one attached hydrogen (secondary N) is 2. The van der Waals surface area contributed by atoms with E-state index < -0.39 is 5.82 Å². The van der Waals surface area contributed by atoms with Gasteiger partial charge in [0, 0.05) is 28.2 Å². The lowest BCUT2D eigenvalue weighted by Gasteiger charge is -2.11. The van der Waals surface area contributed by atoms with E-state index in [9.17, 15) is 9.18 Å². The maximum Gasteiger partial charge on any atom is 0.319 e. The van der Waals surface area contributed by atoms with Crippen LogP contribution in [0.5, 0.6) is 5.75 Å². The third-order valence-corrected chi connectivity index (χ3v) is 4.47. The highest BCUT2D eigenvalue weighted by Crippen LogP contribution is 2.46. The van der Waals surface area contributed by atoms with Crippen molar-refractivity contribution < 1.29 is 13.9 Å². The highest BCUT2D eigenvalue weighted by Gasteiger charge is 2.43. The molecule has 0 aromatic heterocycles. The number of anilines is 1. The second-order valence-electron chi connectivity index (χ2n) is 5.94. The van der Waals surface area contributed by atoms with Gasteiger partial charge in [0.1, 0.15) is 0 Å². The number of nitrogens with zero attached hydrogens (tertiary/aromatic N) is 1. The summed E-state index contributed by atoms with van der Waals surface area (Å²) in [7, 11) is 0. The van der Waals surface area contributed by atoms with Gasteiger partial charge in [0.2, 0.25) is 0 Å². The second-order valence-corrected chi connectivity index (χ2v) is 6.35. The first-order valence-corrected chi connectivity index (χ1v) is 8.59. The quantitative estimate of drug-likeness (QED) is 0.814. The first kappa shape index (κ1) is 18.0. The third-order valence-electron chi connectivity index (χ3n) is 4.14. The SMILES string of the molecule is CCOc1ccc(Cl)c([C@@H]2C[C@@H]2NC(=O)Nc2ccc(C#N)cc2)c1F. The van der Waals surface area contributed by atoms with Crippen LogP contribution in [-0.4, -0.2) is 18.7 Å². The number of nitriles is 1. The van der Waals surface area contributed by atoms with Crippen molar-refractivity contribution in [2.24, 2.45) is 0 Å². The minimum Gasteiger partial charge on any atom is -0.491 e. The topological polar surface area (TPSA) is 74.2 Å². The average Bonchev–Trinajstić information content (AvgIpc) is 3.36. The Morgan fingerprint density at radius 1 is 1.35 bits per heavy atom. The number of urea groups is 1. The molecular formula is C19H17ClFN3O2. The standard InChI is InChI=1S/C19H17ClFN3O2/c1-2-26-16-8-7-14(20)17(18(16)21)13-9-15(13)24-19(25)23-12-5-3-11(10-22)4-6-12/h3-8,13,15H,2,9H2,1H3,(H2,23,24,25)/t13-,15+/m1/s1. The molecule has 0 unspecified atom stereocenters. The van der Waals surface area contributed by atoms with Crippen molar-refractivity contribution in [2.45, 2.75) is 25.3 Å². The summed E-state index contributed by atoms with van der Waals surface area (Å²) in [6, 6.07) is 11.1. The zero-order valence-electron chi connectivity index (χ0n) is 14.1. The number of hydrogen-bond acceptors (Lipinski definition) is 3. The first-order valence-electron chi connectivity index (χ1n) is 8.21. The van der Waals surface area contributed by atoms with Gasteiger partial charge in [0.05, 0.1) is 18.2 Å².